The summed E-state index contributed by atoms with van der Waals surface area (Å²) in [5.41, 5.74) is 1.85. The summed E-state index contributed by atoms with van der Waals surface area (Å²) in [4.78, 5) is 0. The highest BCUT2D eigenvalue weighted by Gasteiger charge is 2.26. The molecule has 1 atom stereocenters. The van der Waals surface area contributed by atoms with Crippen molar-refractivity contribution in [2.45, 2.75) is 52.0 Å². The van der Waals surface area contributed by atoms with Crippen LogP contribution in [-0.2, 0) is 0 Å². The van der Waals surface area contributed by atoms with Crippen LogP contribution in [0.15, 0.2) is 18.2 Å². The maximum absolute atomic E-state index is 14.1. The Morgan fingerprint density at radius 3 is 2.61 bits per heavy atom. The van der Waals surface area contributed by atoms with E-state index in [0.29, 0.717) is 5.92 Å². The first kappa shape index (κ1) is 13.5. The fourth-order valence-corrected chi connectivity index (χ4v) is 3.10. The molecule has 0 aromatic heterocycles. The molecule has 2 heteroatoms. The van der Waals surface area contributed by atoms with E-state index in [-0.39, 0.29) is 11.9 Å². The minimum absolute atomic E-state index is 0.0495. The maximum atomic E-state index is 14.1. The van der Waals surface area contributed by atoms with Crippen molar-refractivity contribution in [3.05, 3.63) is 35.1 Å². The highest BCUT2D eigenvalue weighted by Crippen LogP contribution is 2.35. The van der Waals surface area contributed by atoms with Crippen LogP contribution in [-0.4, -0.2) is 6.54 Å². The van der Waals surface area contributed by atoms with Crippen molar-refractivity contribution in [1.29, 1.82) is 0 Å². The summed E-state index contributed by atoms with van der Waals surface area (Å²) in [6.07, 6.45) is 6.38. The molecule has 2 rings (SSSR count). The molecule has 1 fully saturated rings. The first-order valence-electron chi connectivity index (χ1n) is 7.21. The van der Waals surface area contributed by atoms with Gasteiger partial charge in [0.1, 0.15) is 5.82 Å². The van der Waals surface area contributed by atoms with Crippen LogP contribution >= 0.6 is 0 Å². The van der Waals surface area contributed by atoms with Crippen LogP contribution in [0.4, 0.5) is 4.39 Å². The predicted molar refractivity (Wildman–Crippen MR) is 74.1 cm³/mol. The Kier molecular flexibility index (Phi) is 4.76. The minimum Gasteiger partial charge on any atom is -0.310 e. The third-order valence-electron chi connectivity index (χ3n) is 4.04. The van der Waals surface area contributed by atoms with Crippen LogP contribution in [0.3, 0.4) is 0 Å². The molecule has 1 saturated carbocycles. The molecule has 1 aliphatic rings. The van der Waals surface area contributed by atoms with E-state index in [2.05, 4.69) is 12.2 Å². The number of aryl methyl sites for hydroxylation is 1. The van der Waals surface area contributed by atoms with Crippen molar-refractivity contribution in [3.63, 3.8) is 0 Å². The monoisotopic (exact) mass is 249 g/mol. The number of rotatable bonds is 4. The molecule has 100 valence electrons. The van der Waals surface area contributed by atoms with Crippen molar-refractivity contribution >= 4 is 0 Å². The summed E-state index contributed by atoms with van der Waals surface area (Å²) < 4.78 is 14.1. The van der Waals surface area contributed by atoms with E-state index in [1.165, 1.54) is 32.1 Å². The molecule has 0 saturated heterocycles. The summed E-state index contributed by atoms with van der Waals surface area (Å²) in [5, 5.41) is 3.49. The molecule has 0 spiro atoms. The van der Waals surface area contributed by atoms with Gasteiger partial charge in [0, 0.05) is 11.6 Å². The predicted octanol–water partition coefficient (Wildman–Crippen LogP) is 4.37. The van der Waals surface area contributed by atoms with Crippen molar-refractivity contribution in [2.75, 3.05) is 6.54 Å². The second-order valence-electron chi connectivity index (χ2n) is 5.46. The highest BCUT2D eigenvalue weighted by molar-refractivity contribution is 5.26. The van der Waals surface area contributed by atoms with Gasteiger partial charge in [-0.3, -0.25) is 0 Å². The summed E-state index contributed by atoms with van der Waals surface area (Å²) in [5.74, 6) is 0.544. The largest absolute Gasteiger partial charge is 0.310 e. The van der Waals surface area contributed by atoms with Crippen LogP contribution in [0.1, 0.15) is 56.2 Å². The Morgan fingerprint density at radius 1 is 1.28 bits per heavy atom. The molecule has 1 aromatic carbocycles. The lowest BCUT2D eigenvalue weighted by molar-refractivity contribution is 0.269. The number of benzene rings is 1. The summed E-state index contributed by atoms with van der Waals surface area (Å²) in [6, 6.07) is 5.83. The standard InChI is InChI=1S/C16H24FN/c1-3-18-16(13-7-5-4-6-8-13)14-10-9-12(2)11-15(14)17/h9-11,13,16,18H,3-8H2,1-2H3. The van der Waals surface area contributed by atoms with Crippen molar-refractivity contribution < 1.29 is 4.39 Å². The van der Waals surface area contributed by atoms with Crippen molar-refractivity contribution in [3.8, 4) is 0 Å². The molecule has 1 nitrogen and oxygen atoms in total. The zero-order chi connectivity index (χ0) is 13.0. The second-order valence-corrected chi connectivity index (χ2v) is 5.46. The van der Waals surface area contributed by atoms with Gasteiger partial charge >= 0.3 is 0 Å². The van der Waals surface area contributed by atoms with E-state index in [1.54, 1.807) is 6.07 Å². The van der Waals surface area contributed by atoms with Gasteiger partial charge in [-0.1, -0.05) is 38.3 Å². The lowest BCUT2D eigenvalue weighted by Gasteiger charge is -2.31. The van der Waals surface area contributed by atoms with Crippen LogP contribution in [0.25, 0.3) is 0 Å². The Balaban J connectivity index is 2.22. The molecule has 1 aromatic rings. The van der Waals surface area contributed by atoms with Crippen LogP contribution < -0.4 is 5.32 Å². The van der Waals surface area contributed by atoms with Crippen LogP contribution in [0.5, 0.6) is 0 Å². The number of hydrogen-bond donors (Lipinski definition) is 1. The molecule has 1 unspecified atom stereocenters. The third kappa shape index (κ3) is 3.11. The fourth-order valence-electron chi connectivity index (χ4n) is 3.10. The van der Waals surface area contributed by atoms with E-state index < -0.39 is 0 Å². The zero-order valence-electron chi connectivity index (χ0n) is 11.5. The molecule has 0 aliphatic heterocycles. The lowest BCUT2D eigenvalue weighted by Crippen LogP contribution is -2.30. The van der Waals surface area contributed by atoms with Gasteiger partial charge in [-0.15, -0.1) is 0 Å². The van der Waals surface area contributed by atoms with Gasteiger partial charge in [0.25, 0.3) is 0 Å². The van der Waals surface area contributed by atoms with Gasteiger partial charge < -0.3 is 5.32 Å². The van der Waals surface area contributed by atoms with E-state index in [0.717, 1.165) is 17.7 Å². The lowest BCUT2D eigenvalue weighted by atomic mass is 9.81. The molecule has 0 radical (unpaired) electrons. The van der Waals surface area contributed by atoms with E-state index in [1.807, 2.05) is 19.1 Å². The molecular weight excluding hydrogens is 225 g/mol. The summed E-state index contributed by atoms with van der Waals surface area (Å²) >= 11 is 0. The number of hydrogen-bond acceptors (Lipinski definition) is 1. The number of halogens is 1. The SMILES string of the molecule is CCNC(c1ccc(C)cc1F)C1CCCCC1. The highest BCUT2D eigenvalue weighted by atomic mass is 19.1. The van der Waals surface area contributed by atoms with Gasteiger partial charge in [0.15, 0.2) is 0 Å². The van der Waals surface area contributed by atoms with Gasteiger partial charge in [-0.05, 0) is 43.9 Å². The second kappa shape index (κ2) is 6.33. The average Bonchev–Trinajstić information content (AvgIpc) is 2.38. The van der Waals surface area contributed by atoms with Gasteiger partial charge in [-0.2, -0.15) is 0 Å². The first-order valence-corrected chi connectivity index (χ1v) is 7.21. The average molecular weight is 249 g/mol. The first-order chi connectivity index (χ1) is 8.72. The summed E-state index contributed by atoms with van der Waals surface area (Å²) in [7, 11) is 0. The van der Waals surface area contributed by atoms with Gasteiger partial charge in [-0.25, -0.2) is 4.39 Å². The van der Waals surface area contributed by atoms with Gasteiger partial charge in [0.05, 0.1) is 0 Å². The molecule has 0 amide bonds. The fraction of sp³-hybridized carbons (Fsp3) is 0.625. The van der Waals surface area contributed by atoms with E-state index in [4.69, 9.17) is 0 Å². The Hall–Kier alpha value is -0.890. The van der Waals surface area contributed by atoms with Crippen LogP contribution in [0.2, 0.25) is 0 Å². The molecular formula is C16H24FN. The van der Waals surface area contributed by atoms with Gasteiger partial charge in [0.2, 0.25) is 0 Å². The molecule has 1 aliphatic carbocycles. The Labute approximate surface area is 110 Å². The van der Waals surface area contributed by atoms with E-state index in [9.17, 15) is 4.39 Å². The minimum atomic E-state index is -0.0495. The van der Waals surface area contributed by atoms with E-state index >= 15 is 0 Å². The Morgan fingerprint density at radius 2 is 2.00 bits per heavy atom. The third-order valence-corrected chi connectivity index (χ3v) is 4.04. The molecule has 1 N–H and O–H groups in total. The quantitative estimate of drug-likeness (QED) is 0.835. The molecule has 18 heavy (non-hydrogen) atoms. The smallest absolute Gasteiger partial charge is 0.128 e. The Bertz CT molecular complexity index is 383. The topological polar surface area (TPSA) is 12.0 Å². The summed E-state index contributed by atoms with van der Waals surface area (Å²) in [6.45, 7) is 4.94. The zero-order valence-corrected chi connectivity index (χ0v) is 11.5. The molecule has 0 heterocycles. The van der Waals surface area contributed by atoms with Crippen molar-refractivity contribution in [1.82, 2.24) is 5.32 Å². The normalized spacial score (nSPS) is 18.8. The maximum Gasteiger partial charge on any atom is 0.128 e. The van der Waals surface area contributed by atoms with Crippen LogP contribution in [0, 0.1) is 18.7 Å². The molecule has 0 bridgehead atoms. The van der Waals surface area contributed by atoms with Crippen molar-refractivity contribution in [2.24, 2.45) is 5.92 Å². The number of nitrogens with one attached hydrogen (secondary N) is 1.